The molecule has 0 aromatic carbocycles. The van der Waals surface area contributed by atoms with Gasteiger partial charge in [-0.05, 0) is 48.0 Å². The largest absolute Gasteiger partial charge is 0.382 e. The van der Waals surface area contributed by atoms with E-state index in [9.17, 15) is 0 Å². The van der Waals surface area contributed by atoms with E-state index in [1.54, 1.807) is 7.11 Å². The third-order valence-corrected chi connectivity index (χ3v) is 3.22. The van der Waals surface area contributed by atoms with E-state index in [2.05, 4.69) is 46.1 Å². The van der Waals surface area contributed by atoms with E-state index in [0.29, 0.717) is 6.04 Å². The lowest BCUT2D eigenvalue weighted by Crippen LogP contribution is -2.34. The van der Waals surface area contributed by atoms with Crippen molar-refractivity contribution in [3.8, 4) is 0 Å². The van der Waals surface area contributed by atoms with Gasteiger partial charge in [0.15, 0.2) is 0 Å². The number of nitrogens with zero attached hydrogens (tertiary/aromatic N) is 1. The van der Waals surface area contributed by atoms with Crippen molar-refractivity contribution < 1.29 is 4.74 Å². The summed E-state index contributed by atoms with van der Waals surface area (Å²) in [5, 5.41) is 3.48. The van der Waals surface area contributed by atoms with E-state index in [0.717, 1.165) is 29.6 Å². The molecule has 1 rings (SSSR count). The van der Waals surface area contributed by atoms with Crippen molar-refractivity contribution in [3.63, 3.8) is 0 Å². The molecule has 4 heteroatoms. The summed E-state index contributed by atoms with van der Waals surface area (Å²) in [6.07, 6.45) is 4.06. The molecule has 0 aliphatic heterocycles. The number of likely N-dealkylation sites (N-methyl/N-ethyl adjacent to an activating group) is 1. The zero-order valence-corrected chi connectivity index (χ0v) is 12.3. The molecule has 0 saturated heterocycles. The molecular formula is C13H21BrN2O. The lowest BCUT2D eigenvalue weighted by atomic mass is 10.0. The van der Waals surface area contributed by atoms with Gasteiger partial charge in [-0.15, -0.1) is 0 Å². The summed E-state index contributed by atoms with van der Waals surface area (Å²) in [7, 11) is 1.76. The number of pyridine rings is 1. The number of ether oxygens (including phenoxy) is 1. The smallest absolute Gasteiger partial charge is 0.0558 e. The van der Waals surface area contributed by atoms with Gasteiger partial charge < -0.3 is 10.1 Å². The SMILES string of the molecule is CCNC(Cc1ccc(Br)cn1)CC(C)OC. The zero-order chi connectivity index (χ0) is 12.7. The number of hydrogen-bond donors (Lipinski definition) is 1. The summed E-state index contributed by atoms with van der Waals surface area (Å²) in [6, 6.07) is 4.51. The molecular weight excluding hydrogens is 280 g/mol. The molecule has 17 heavy (non-hydrogen) atoms. The van der Waals surface area contributed by atoms with E-state index in [1.165, 1.54) is 0 Å². The van der Waals surface area contributed by atoms with E-state index in [-0.39, 0.29) is 6.10 Å². The molecule has 0 aliphatic carbocycles. The maximum Gasteiger partial charge on any atom is 0.0558 e. The van der Waals surface area contributed by atoms with E-state index in [1.807, 2.05) is 12.3 Å². The van der Waals surface area contributed by atoms with Crippen LogP contribution in [0.3, 0.4) is 0 Å². The fourth-order valence-corrected chi connectivity index (χ4v) is 2.04. The van der Waals surface area contributed by atoms with Crippen molar-refractivity contribution in [2.24, 2.45) is 0 Å². The summed E-state index contributed by atoms with van der Waals surface area (Å²) in [4.78, 5) is 4.41. The fourth-order valence-electron chi connectivity index (χ4n) is 1.80. The monoisotopic (exact) mass is 300 g/mol. The van der Waals surface area contributed by atoms with Crippen molar-refractivity contribution in [3.05, 3.63) is 28.5 Å². The highest BCUT2D eigenvalue weighted by Gasteiger charge is 2.13. The van der Waals surface area contributed by atoms with Crippen molar-refractivity contribution in [1.82, 2.24) is 10.3 Å². The highest BCUT2D eigenvalue weighted by Crippen LogP contribution is 2.11. The van der Waals surface area contributed by atoms with Crippen molar-refractivity contribution in [1.29, 1.82) is 0 Å². The lowest BCUT2D eigenvalue weighted by Gasteiger charge is -2.20. The zero-order valence-electron chi connectivity index (χ0n) is 10.7. The molecule has 0 bridgehead atoms. The first-order valence-corrected chi connectivity index (χ1v) is 6.81. The number of hydrogen-bond acceptors (Lipinski definition) is 3. The second-order valence-electron chi connectivity index (χ2n) is 4.21. The normalized spacial score (nSPS) is 14.6. The Morgan fingerprint density at radius 2 is 2.24 bits per heavy atom. The number of halogens is 1. The average Bonchev–Trinajstić information content (AvgIpc) is 2.32. The van der Waals surface area contributed by atoms with Crippen LogP contribution in [0.4, 0.5) is 0 Å². The summed E-state index contributed by atoms with van der Waals surface area (Å²) >= 11 is 3.40. The number of methoxy groups -OCH3 is 1. The van der Waals surface area contributed by atoms with Crippen LogP contribution in [0.2, 0.25) is 0 Å². The van der Waals surface area contributed by atoms with Gasteiger partial charge in [0, 0.05) is 35.9 Å². The molecule has 1 heterocycles. The Hall–Kier alpha value is -0.450. The van der Waals surface area contributed by atoms with Crippen LogP contribution in [0.5, 0.6) is 0 Å². The Bertz CT molecular complexity index is 316. The van der Waals surface area contributed by atoms with Crippen molar-refractivity contribution in [2.45, 2.75) is 38.8 Å². The van der Waals surface area contributed by atoms with Gasteiger partial charge >= 0.3 is 0 Å². The molecule has 1 aromatic rings. The van der Waals surface area contributed by atoms with E-state index >= 15 is 0 Å². The molecule has 2 atom stereocenters. The minimum Gasteiger partial charge on any atom is -0.382 e. The molecule has 0 saturated carbocycles. The minimum absolute atomic E-state index is 0.273. The second-order valence-corrected chi connectivity index (χ2v) is 5.12. The summed E-state index contributed by atoms with van der Waals surface area (Å²) in [5.41, 5.74) is 1.11. The Morgan fingerprint density at radius 1 is 1.47 bits per heavy atom. The molecule has 1 aromatic heterocycles. The molecule has 0 radical (unpaired) electrons. The van der Waals surface area contributed by atoms with Gasteiger partial charge in [-0.25, -0.2) is 0 Å². The van der Waals surface area contributed by atoms with Crippen LogP contribution in [-0.4, -0.2) is 30.8 Å². The molecule has 3 nitrogen and oxygen atoms in total. The standard InChI is InChI=1S/C13H21BrN2O/c1-4-15-13(7-10(2)17-3)8-12-6-5-11(14)9-16-12/h5-6,9-10,13,15H,4,7-8H2,1-3H3. The average molecular weight is 301 g/mol. The van der Waals surface area contributed by atoms with Gasteiger partial charge in [-0.3, -0.25) is 4.98 Å². The molecule has 0 amide bonds. The number of rotatable bonds is 7. The van der Waals surface area contributed by atoms with Gasteiger partial charge in [-0.1, -0.05) is 6.92 Å². The van der Waals surface area contributed by atoms with E-state index < -0.39 is 0 Å². The minimum atomic E-state index is 0.273. The molecule has 96 valence electrons. The Kier molecular flexibility index (Phi) is 6.70. The molecule has 0 fully saturated rings. The second kappa shape index (κ2) is 7.80. The Balaban J connectivity index is 2.56. The van der Waals surface area contributed by atoms with Gasteiger partial charge in [0.1, 0.15) is 0 Å². The third kappa shape index (κ3) is 5.61. The van der Waals surface area contributed by atoms with Gasteiger partial charge in [0.25, 0.3) is 0 Å². The Morgan fingerprint density at radius 3 is 2.76 bits per heavy atom. The predicted octanol–water partition coefficient (Wildman–Crippen LogP) is 2.79. The van der Waals surface area contributed by atoms with Gasteiger partial charge in [0.2, 0.25) is 0 Å². The maximum absolute atomic E-state index is 5.32. The van der Waals surface area contributed by atoms with Crippen molar-refractivity contribution >= 4 is 15.9 Å². The highest BCUT2D eigenvalue weighted by atomic mass is 79.9. The maximum atomic E-state index is 5.32. The predicted molar refractivity (Wildman–Crippen MR) is 74.2 cm³/mol. The first-order chi connectivity index (χ1) is 8.15. The van der Waals surface area contributed by atoms with Crippen LogP contribution in [0.15, 0.2) is 22.8 Å². The Labute approximate surface area is 112 Å². The lowest BCUT2D eigenvalue weighted by molar-refractivity contribution is 0.100. The van der Waals surface area contributed by atoms with Crippen LogP contribution < -0.4 is 5.32 Å². The van der Waals surface area contributed by atoms with Crippen LogP contribution in [0.25, 0.3) is 0 Å². The third-order valence-electron chi connectivity index (χ3n) is 2.76. The first kappa shape index (κ1) is 14.6. The van der Waals surface area contributed by atoms with Crippen LogP contribution in [0, 0.1) is 0 Å². The van der Waals surface area contributed by atoms with E-state index in [4.69, 9.17) is 4.74 Å². The topological polar surface area (TPSA) is 34.2 Å². The van der Waals surface area contributed by atoms with Gasteiger partial charge in [0.05, 0.1) is 6.10 Å². The van der Waals surface area contributed by atoms with Crippen LogP contribution >= 0.6 is 15.9 Å². The summed E-state index contributed by atoms with van der Waals surface area (Å²) < 4.78 is 6.34. The quantitative estimate of drug-likeness (QED) is 0.841. The highest BCUT2D eigenvalue weighted by molar-refractivity contribution is 9.10. The van der Waals surface area contributed by atoms with Crippen LogP contribution in [0.1, 0.15) is 26.0 Å². The summed E-state index contributed by atoms with van der Waals surface area (Å²) in [6.45, 7) is 5.19. The molecule has 0 aliphatic rings. The number of nitrogens with one attached hydrogen (secondary N) is 1. The van der Waals surface area contributed by atoms with Gasteiger partial charge in [-0.2, -0.15) is 0 Å². The van der Waals surface area contributed by atoms with Crippen LogP contribution in [-0.2, 0) is 11.2 Å². The summed E-state index contributed by atoms with van der Waals surface area (Å²) in [5.74, 6) is 0. The fraction of sp³-hybridized carbons (Fsp3) is 0.615. The molecule has 0 spiro atoms. The first-order valence-electron chi connectivity index (χ1n) is 6.02. The molecule has 2 unspecified atom stereocenters. The molecule has 1 N–H and O–H groups in total. The van der Waals surface area contributed by atoms with Crippen molar-refractivity contribution in [2.75, 3.05) is 13.7 Å². The number of aromatic nitrogens is 1.